The van der Waals surface area contributed by atoms with Crippen molar-refractivity contribution in [2.45, 2.75) is 123 Å². The Morgan fingerprint density at radius 2 is 0.778 bits per heavy atom. The predicted octanol–water partition coefficient (Wildman–Crippen LogP) is 10.7. The van der Waals surface area contributed by atoms with Gasteiger partial charge in [0.1, 0.15) is 34.5 Å². The van der Waals surface area contributed by atoms with Gasteiger partial charge >= 0.3 is 23.9 Å². The summed E-state index contributed by atoms with van der Waals surface area (Å²) >= 11 is 0. The van der Waals surface area contributed by atoms with Crippen LogP contribution in [0.5, 0.6) is 34.5 Å². The minimum Gasteiger partial charge on any atom is -0.497 e. The van der Waals surface area contributed by atoms with Crippen molar-refractivity contribution in [3.63, 3.8) is 0 Å². The first kappa shape index (κ1) is 42.2. The van der Waals surface area contributed by atoms with E-state index in [-0.39, 0.29) is 22.3 Å². The van der Waals surface area contributed by atoms with Crippen LogP contribution in [-0.4, -0.2) is 38.1 Å². The lowest BCUT2D eigenvalue weighted by molar-refractivity contribution is -0.129. The van der Waals surface area contributed by atoms with Gasteiger partial charge in [0.25, 0.3) is 0 Å². The summed E-state index contributed by atoms with van der Waals surface area (Å²) in [6.45, 7) is 20.4. The largest absolute Gasteiger partial charge is 0.497 e. The van der Waals surface area contributed by atoms with Gasteiger partial charge in [0.15, 0.2) is 0 Å². The summed E-state index contributed by atoms with van der Waals surface area (Å²) in [5, 5.41) is 0. The highest BCUT2D eigenvalue weighted by atomic mass is 16.6. The number of ether oxygens (including phenoxy) is 6. The maximum Gasteiger partial charge on any atom is 0.345 e. The van der Waals surface area contributed by atoms with Crippen LogP contribution < -0.4 is 28.4 Å². The first-order chi connectivity index (χ1) is 29.6. The SMILES string of the molecule is COc1cc2c(c(C(C)(C)C)c1)OC(=O)/C2=C1/C(=O)Oc2c(C)cc(C3(c4cc5c(c(C(C)(C)C)c4)OC(=O)/C5=C4/C(=O)Oc5c4cc(OC)cc5C(C)(C)C)CCCCC3)cc21. The van der Waals surface area contributed by atoms with Gasteiger partial charge in [-0.2, -0.15) is 0 Å². The van der Waals surface area contributed by atoms with E-state index < -0.39 is 45.5 Å². The third-order valence-electron chi connectivity index (χ3n) is 13.4. The van der Waals surface area contributed by atoms with Crippen LogP contribution in [0.2, 0.25) is 0 Å². The fraction of sp³-hybridized carbons (Fsp3) is 0.396. The molecule has 0 radical (unpaired) electrons. The lowest BCUT2D eigenvalue weighted by Gasteiger charge is -2.40. The highest BCUT2D eigenvalue weighted by Gasteiger charge is 2.47. The van der Waals surface area contributed by atoms with Crippen molar-refractivity contribution in [1.82, 2.24) is 0 Å². The van der Waals surface area contributed by atoms with Gasteiger partial charge in [-0.25, -0.2) is 19.2 Å². The molecule has 4 aliphatic heterocycles. The molecule has 4 heterocycles. The van der Waals surface area contributed by atoms with Gasteiger partial charge < -0.3 is 28.4 Å². The van der Waals surface area contributed by atoms with Gasteiger partial charge in [0, 0.05) is 44.4 Å². The zero-order valence-corrected chi connectivity index (χ0v) is 38.2. The third-order valence-corrected chi connectivity index (χ3v) is 13.4. The molecule has 1 fully saturated rings. The van der Waals surface area contributed by atoms with Crippen molar-refractivity contribution in [3.8, 4) is 34.5 Å². The molecule has 10 heteroatoms. The number of fused-ring (bicyclic) bond motifs is 4. The van der Waals surface area contributed by atoms with E-state index in [0.717, 1.165) is 65.5 Å². The summed E-state index contributed by atoms with van der Waals surface area (Å²) in [6, 6.07) is 15.5. The minimum absolute atomic E-state index is 0.141. The molecule has 5 aliphatic rings. The predicted molar refractivity (Wildman–Crippen MR) is 240 cm³/mol. The molecule has 0 N–H and O–H groups in total. The van der Waals surface area contributed by atoms with Crippen LogP contribution in [-0.2, 0) is 40.8 Å². The van der Waals surface area contributed by atoms with Crippen molar-refractivity contribution in [3.05, 3.63) is 104 Å². The van der Waals surface area contributed by atoms with Gasteiger partial charge in [0.05, 0.1) is 36.5 Å². The Balaban J connectivity index is 1.29. The highest BCUT2D eigenvalue weighted by molar-refractivity contribution is 6.42. The Morgan fingerprint density at radius 3 is 1.16 bits per heavy atom. The second kappa shape index (κ2) is 14.2. The summed E-state index contributed by atoms with van der Waals surface area (Å²) in [7, 11) is 3.14. The fourth-order valence-electron chi connectivity index (χ4n) is 10.1. The number of hydrogen-bond donors (Lipinski definition) is 0. The first-order valence-corrected chi connectivity index (χ1v) is 21.8. The number of rotatable bonds is 4. The van der Waals surface area contributed by atoms with Gasteiger partial charge in [-0.05, 0) is 89.1 Å². The van der Waals surface area contributed by atoms with Crippen LogP contribution in [0.25, 0.3) is 22.3 Å². The first-order valence-electron chi connectivity index (χ1n) is 21.8. The van der Waals surface area contributed by atoms with E-state index in [9.17, 15) is 19.2 Å². The molecule has 0 unspecified atom stereocenters. The van der Waals surface area contributed by atoms with Crippen LogP contribution in [0, 0.1) is 6.92 Å². The quantitative estimate of drug-likeness (QED) is 0.111. The molecule has 4 aromatic carbocycles. The van der Waals surface area contributed by atoms with E-state index in [4.69, 9.17) is 28.4 Å². The number of esters is 4. The van der Waals surface area contributed by atoms with E-state index in [1.807, 2.05) is 72.7 Å². The van der Waals surface area contributed by atoms with E-state index in [1.165, 1.54) is 0 Å². The second-order valence-corrected chi connectivity index (χ2v) is 20.6. The van der Waals surface area contributed by atoms with Crippen LogP contribution in [0.15, 0.2) is 48.5 Å². The molecule has 326 valence electrons. The zero-order chi connectivity index (χ0) is 45.3. The molecule has 63 heavy (non-hydrogen) atoms. The zero-order valence-electron chi connectivity index (χ0n) is 38.2. The van der Waals surface area contributed by atoms with Crippen molar-refractivity contribution < 1.29 is 47.6 Å². The number of hydrogen-bond acceptors (Lipinski definition) is 10. The molecule has 4 aromatic rings. The summed E-state index contributed by atoms with van der Waals surface area (Å²) < 4.78 is 35.6. The molecule has 0 atom stereocenters. The molecule has 9 rings (SSSR count). The molecular formula is C53H54O10. The topological polar surface area (TPSA) is 124 Å². The number of carbonyl (C=O) groups excluding carboxylic acids is 4. The van der Waals surface area contributed by atoms with Crippen LogP contribution in [0.1, 0.15) is 150 Å². The standard InChI is InChI=1S/C53H54O10/c1-26-18-27(19-31-38(46(54)60-42(26)31)40-33-22-29(58-11)24-36(51(5,6)7)44(33)62-48(40)56)53(16-14-13-15-17-53)28-20-32-39(47(55)61-43(32)35(21-28)50(2,3)4)41-34-23-30(59-12)25-37(52(8,9)10)45(34)63-49(41)57/h18-25H,13-17H2,1-12H3/b40-38+,41-39+. The fourth-order valence-corrected chi connectivity index (χ4v) is 10.1. The summed E-state index contributed by atoms with van der Waals surface area (Å²) in [4.78, 5) is 56.5. The average Bonchev–Trinajstić information content (AvgIpc) is 3.93. The maximum atomic E-state index is 14.3. The van der Waals surface area contributed by atoms with Crippen LogP contribution in [0.4, 0.5) is 0 Å². The van der Waals surface area contributed by atoms with Gasteiger partial charge in [0.2, 0.25) is 0 Å². The van der Waals surface area contributed by atoms with Gasteiger partial charge in [-0.1, -0.05) is 93.7 Å². The summed E-state index contributed by atoms with van der Waals surface area (Å²) in [5.74, 6) is 0.209. The molecule has 1 aliphatic carbocycles. The molecular weight excluding hydrogens is 797 g/mol. The van der Waals surface area contributed by atoms with Gasteiger partial charge in [-0.15, -0.1) is 0 Å². The van der Waals surface area contributed by atoms with E-state index in [1.54, 1.807) is 26.4 Å². The smallest absolute Gasteiger partial charge is 0.345 e. The molecule has 0 spiro atoms. The Hall–Kier alpha value is -6.16. The normalized spacial score (nSPS) is 20.1. The Labute approximate surface area is 368 Å². The summed E-state index contributed by atoms with van der Waals surface area (Å²) in [5.41, 5.74) is 5.74. The molecule has 0 saturated heterocycles. The monoisotopic (exact) mass is 850 g/mol. The van der Waals surface area contributed by atoms with E-state index in [0.29, 0.717) is 56.8 Å². The lowest BCUT2D eigenvalue weighted by atomic mass is 9.63. The molecule has 10 nitrogen and oxygen atoms in total. The lowest BCUT2D eigenvalue weighted by Crippen LogP contribution is -2.31. The Morgan fingerprint density at radius 1 is 0.444 bits per heavy atom. The Bertz CT molecular complexity index is 2810. The van der Waals surface area contributed by atoms with Crippen molar-refractivity contribution in [2.24, 2.45) is 0 Å². The molecule has 0 amide bonds. The third kappa shape index (κ3) is 6.50. The number of methoxy groups -OCH3 is 2. The highest BCUT2D eigenvalue weighted by Crippen LogP contribution is 2.56. The van der Waals surface area contributed by atoms with Crippen molar-refractivity contribution in [1.29, 1.82) is 0 Å². The minimum atomic E-state index is -0.628. The number of benzene rings is 4. The van der Waals surface area contributed by atoms with E-state index >= 15 is 0 Å². The maximum absolute atomic E-state index is 14.3. The molecule has 0 aromatic heterocycles. The molecule has 1 saturated carbocycles. The van der Waals surface area contributed by atoms with Crippen LogP contribution in [0.3, 0.4) is 0 Å². The Kier molecular flexibility index (Phi) is 9.49. The van der Waals surface area contributed by atoms with Crippen LogP contribution >= 0.6 is 0 Å². The number of aryl methyl sites for hydroxylation is 1. The molecule has 0 bridgehead atoms. The average molecular weight is 851 g/mol. The van der Waals surface area contributed by atoms with Crippen molar-refractivity contribution >= 4 is 46.2 Å². The summed E-state index contributed by atoms with van der Waals surface area (Å²) in [6.07, 6.45) is 4.42. The number of carbonyl (C=O) groups is 4. The van der Waals surface area contributed by atoms with E-state index in [2.05, 4.69) is 32.9 Å². The van der Waals surface area contributed by atoms with Gasteiger partial charge in [-0.3, -0.25) is 0 Å². The van der Waals surface area contributed by atoms with Crippen molar-refractivity contribution in [2.75, 3.05) is 14.2 Å². The second-order valence-electron chi connectivity index (χ2n) is 20.6.